The molecule has 1 aromatic carbocycles. The second-order valence-corrected chi connectivity index (χ2v) is 8.85. The third kappa shape index (κ3) is 6.25. The van der Waals surface area contributed by atoms with Gasteiger partial charge in [0.15, 0.2) is 0 Å². The zero-order valence-electron chi connectivity index (χ0n) is 17.4. The summed E-state index contributed by atoms with van der Waals surface area (Å²) in [7, 11) is 0. The highest BCUT2D eigenvalue weighted by atomic mass is 16.6. The van der Waals surface area contributed by atoms with Crippen LogP contribution in [0, 0.1) is 5.41 Å². The summed E-state index contributed by atoms with van der Waals surface area (Å²) in [6.07, 6.45) is 0.297. The van der Waals surface area contributed by atoms with Gasteiger partial charge in [0.2, 0.25) is 5.91 Å². The summed E-state index contributed by atoms with van der Waals surface area (Å²) in [4.78, 5) is 38.4. The number of piperidine rings is 1. The summed E-state index contributed by atoms with van der Waals surface area (Å²) in [6, 6.07) is 8.68. The molecule has 1 saturated heterocycles. The molecule has 0 bridgehead atoms. The Balaban J connectivity index is 1.85. The van der Waals surface area contributed by atoms with Crippen molar-refractivity contribution < 1.29 is 19.1 Å². The average Bonchev–Trinajstić information content (AvgIpc) is 2.60. The minimum Gasteiger partial charge on any atom is -0.444 e. The van der Waals surface area contributed by atoms with Crippen molar-refractivity contribution in [2.75, 3.05) is 19.6 Å². The maximum absolute atomic E-state index is 12.3. The van der Waals surface area contributed by atoms with Gasteiger partial charge in [-0.2, -0.15) is 0 Å². The predicted octanol–water partition coefficient (Wildman–Crippen LogP) is 2.57. The van der Waals surface area contributed by atoms with Gasteiger partial charge in [0.05, 0.1) is 6.54 Å². The smallest absolute Gasteiger partial charge is 0.410 e. The van der Waals surface area contributed by atoms with Crippen LogP contribution in [0.1, 0.15) is 51.4 Å². The zero-order valence-corrected chi connectivity index (χ0v) is 17.4. The Bertz CT molecular complexity index is 710. The van der Waals surface area contributed by atoms with E-state index >= 15 is 0 Å². The normalized spacial score (nSPS) is 18.9. The molecule has 154 valence electrons. The third-order valence-electron chi connectivity index (χ3n) is 4.66. The average molecular weight is 389 g/mol. The molecule has 1 heterocycles. The van der Waals surface area contributed by atoms with E-state index < -0.39 is 5.60 Å². The van der Waals surface area contributed by atoms with Gasteiger partial charge in [-0.25, -0.2) is 4.79 Å². The van der Waals surface area contributed by atoms with Gasteiger partial charge in [-0.3, -0.25) is 9.59 Å². The third-order valence-corrected chi connectivity index (χ3v) is 4.66. The fraction of sp³-hybridized carbons (Fsp3) is 0.571. The van der Waals surface area contributed by atoms with Crippen molar-refractivity contribution in [2.45, 2.75) is 52.7 Å². The highest BCUT2D eigenvalue weighted by molar-refractivity contribution is 5.96. The molecule has 2 rings (SSSR count). The van der Waals surface area contributed by atoms with Crippen LogP contribution in [0.5, 0.6) is 0 Å². The highest BCUT2D eigenvalue weighted by Crippen LogP contribution is 2.30. The van der Waals surface area contributed by atoms with Crippen LogP contribution in [0.25, 0.3) is 0 Å². The molecule has 0 aliphatic carbocycles. The van der Waals surface area contributed by atoms with E-state index in [1.165, 1.54) is 0 Å². The van der Waals surface area contributed by atoms with E-state index in [0.717, 1.165) is 0 Å². The van der Waals surface area contributed by atoms with Crippen LogP contribution in [-0.4, -0.2) is 54.1 Å². The summed E-state index contributed by atoms with van der Waals surface area (Å²) < 4.78 is 5.45. The lowest BCUT2D eigenvalue weighted by Gasteiger charge is -2.44. The number of carbonyl (C=O) groups excluding carboxylic acids is 3. The number of ether oxygens (including phenoxy) is 1. The molecule has 0 aromatic heterocycles. The van der Waals surface area contributed by atoms with Gasteiger partial charge in [-0.1, -0.05) is 32.0 Å². The molecular weight excluding hydrogens is 358 g/mol. The van der Waals surface area contributed by atoms with Crippen LogP contribution in [0.3, 0.4) is 0 Å². The van der Waals surface area contributed by atoms with Gasteiger partial charge in [-0.15, -0.1) is 0 Å². The van der Waals surface area contributed by atoms with Gasteiger partial charge in [0, 0.05) is 30.1 Å². The Morgan fingerprint density at radius 1 is 1.18 bits per heavy atom. The van der Waals surface area contributed by atoms with Gasteiger partial charge >= 0.3 is 6.09 Å². The molecule has 2 N–H and O–H groups in total. The molecule has 1 atom stereocenters. The van der Waals surface area contributed by atoms with Gasteiger partial charge < -0.3 is 20.3 Å². The van der Waals surface area contributed by atoms with Crippen molar-refractivity contribution >= 4 is 17.9 Å². The number of carbonyl (C=O) groups is 3. The summed E-state index contributed by atoms with van der Waals surface area (Å²) in [5.41, 5.74) is -0.335. The van der Waals surface area contributed by atoms with Crippen LogP contribution in [-0.2, 0) is 9.53 Å². The van der Waals surface area contributed by atoms with E-state index in [1.807, 2.05) is 40.7 Å². The van der Waals surface area contributed by atoms with E-state index in [4.69, 9.17) is 4.74 Å². The number of hydrogen-bond donors (Lipinski definition) is 2. The van der Waals surface area contributed by atoms with Crippen molar-refractivity contribution in [3.8, 4) is 0 Å². The molecule has 0 unspecified atom stereocenters. The molecule has 7 nitrogen and oxygen atoms in total. The Labute approximate surface area is 166 Å². The lowest BCUT2D eigenvalue weighted by molar-refractivity contribution is -0.122. The molecule has 0 radical (unpaired) electrons. The number of nitrogens with zero attached hydrogens (tertiary/aromatic N) is 1. The summed E-state index contributed by atoms with van der Waals surface area (Å²) in [6.45, 7) is 10.5. The minimum absolute atomic E-state index is 0.0872. The number of amides is 3. The van der Waals surface area contributed by atoms with E-state index in [-0.39, 0.29) is 35.9 Å². The first-order valence-electron chi connectivity index (χ1n) is 9.58. The molecular formula is C21H31N3O4. The van der Waals surface area contributed by atoms with Crippen molar-refractivity contribution in [3.63, 3.8) is 0 Å². The quantitative estimate of drug-likeness (QED) is 0.828. The first-order valence-corrected chi connectivity index (χ1v) is 9.58. The van der Waals surface area contributed by atoms with Crippen molar-refractivity contribution in [3.05, 3.63) is 35.9 Å². The summed E-state index contributed by atoms with van der Waals surface area (Å²) in [5, 5.41) is 5.62. The molecule has 1 aliphatic rings. The topological polar surface area (TPSA) is 87.7 Å². The molecule has 0 spiro atoms. The number of hydrogen-bond acceptors (Lipinski definition) is 4. The Hall–Kier alpha value is -2.57. The van der Waals surface area contributed by atoms with Crippen LogP contribution >= 0.6 is 0 Å². The van der Waals surface area contributed by atoms with Crippen LogP contribution in [0.4, 0.5) is 4.79 Å². The lowest BCUT2D eigenvalue weighted by Crippen LogP contribution is -2.58. The molecule has 7 heteroatoms. The fourth-order valence-electron chi connectivity index (χ4n) is 3.20. The minimum atomic E-state index is -0.538. The number of likely N-dealkylation sites (tertiary alicyclic amines) is 1. The van der Waals surface area contributed by atoms with Crippen molar-refractivity contribution in [1.29, 1.82) is 0 Å². The van der Waals surface area contributed by atoms with Crippen LogP contribution in [0.15, 0.2) is 30.3 Å². The molecule has 1 aliphatic heterocycles. The summed E-state index contributed by atoms with van der Waals surface area (Å²) in [5.74, 6) is -0.525. The SMILES string of the molecule is CC(C)(C)OC(=O)N1CC[C@@H](NC(=O)CNC(=O)c2ccccc2)C(C)(C)C1. The standard InChI is InChI=1S/C21H31N3O4/c1-20(2,3)28-19(27)24-12-11-16(21(4,5)14-24)23-17(25)13-22-18(26)15-9-7-6-8-10-15/h6-10,16H,11-14H2,1-5H3,(H,22,26)(H,23,25)/t16-/m1/s1. The summed E-state index contributed by atoms with van der Waals surface area (Å²) >= 11 is 0. The van der Waals surface area contributed by atoms with Crippen molar-refractivity contribution in [2.24, 2.45) is 5.41 Å². The molecule has 1 aromatic rings. The largest absolute Gasteiger partial charge is 0.444 e. The van der Waals surface area contributed by atoms with E-state index in [9.17, 15) is 14.4 Å². The lowest BCUT2D eigenvalue weighted by atomic mass is 9.79. The molecule has 3 amide bonds. The second-order valence-electron chi connectivity index (χ2n) is 8.85. The Kier molecular flexibility index (Phi) is 6.69. The van der Waals surface area contributed by atoms with Crippen LogP contribution < -0.4 is 10.6 Å². The van der Waals surface area contributed by atoms with Crippen molar-refractivity contribution in [1.82, 2.24) is 15.5 Å². The first-order chi connectivity index (χ1) is 13.0. The molecule has 0 saturated carbocycles. The van der Waals surface area contributed by atoms with E-state index in [2.05, 4.69) is 10.6 Å². The molecule has 28 heavy (non-hydrogen) atoms. The first kappa shape index (κ1) is 21.7. The number of nitrogens with one attached hydrogen (secondary N) is 2. The van der Waals surface area contributed by atoms with Gasteiger partial charge in [0.25, 0.3) is 5.91 Å². The van der Waals surface area contributed by atoms with Crippen LogP contribution in [0.2, 0.25) is 0 Å². The molecule has 1 fully saturated rings. The maximum Gasteiger partial charge on any atom is 0.410 e. The monoisotopic (exact) mass is 389 g/mol. The van der Waals surface area contributed by atoms with Gasteiger partial charge in [-0.05, 0) is 39.3 Å². The Morgan fingerprint density at radius 3 is 2.39 bits per heavy atom. The highest BCUT2D eigenvalue weighted by Gasteiger charge is 2.39. The van der Waals surface area contributed by atoms with E-state index in [1.54, 1.807) is 29.2 Å². The van der Waals surface area contributed by atoms with Gasteiger partial charge in [0.1, 0.15) is 5.60 Å². The second kappa shape index (κ2) is 8.63. The number of benzene rings is 1. The zero-order chi connectivity index (χ0) is 20.9. The number of rotatable bonds is 4. The fourth-order valence-corrected chi connectivity index (χ4v) is 3.20. The van der Waals surface area contributed by atoms with E-state index in [0.29, 0.717) is 25.1 Å². The Morgan fingerprint density at radius 2 is 1.82 bits per heavy atom. The maximum atomic E-state index is 12.3. The predicted molar refractivity (Wildman–Crippen MR) is 107 cm³/mol.